The number of rotatable bonds is 7. The van der Waals surface area contributed by atoms with Crippen LogP contribution in [0.3, 0.4) is 0 Å². The van der Waals surface area contributed by atoms with E-state index in [1.54, 1.807) is 12.1 Å². The van der Waals surface area contributed by atoms with Gasteiger partial charge in [0.25, 0.3) is 5.91 Å². The summed E-state index contributed by atoms with van der Waals surface area (Å²) in [4.78, 5) is 20.0. The maximum atomic E-state index is 13.6. The molecule has 0 saturated heterocycles. The van der Waals surface area contributed by atoms with Gasteiger partial charge in [-0.15, -0.1) is 0 Å². The third-order valence-electron chi connectivity index (χ3n) is 3.98. The highest BCUT2D eigenvalue weighted by Gasteiger charge is 2.34. The quantitative estimate of drug-likeness (QED) is 0.538. The summed E-state index contributed by atoms with van der Waals surface area (Å²) < 4.78 is 40.7. The van der Waals surface area contributed by atoms with Gasteiger partial charge in [-0.2, -0.15) is 13.2 Å². The Morgan fingerprint density at radius 2 is 2.04 bits per heavy atom. The van der Waals surface area contributed by atoms with E-state index in [0.29, 0.717) is 23.1 Å². The van der Waals surface area contributed by atoms with Gasteiger partial charge in [-0.25, -0.2) is 4.98 Å². The fraction of sp³-hybridized carbons (Fsp3) is 0.286. The van der Waals surface area contributed by atoms with E-state index in [9.17, 15) is 18.0 Å². The van der Waals surface area contributed by atoms with E-state index >= 15 is 0 Å². The molecule has 0 unspecified atom stereocenters. The topological polar surface area (TPSA) is 54.4 Å². The molecular weight excluding hydrogens is 367 g/mol. The Bertz CT molecular complexity index is 930. The Morgan fingerprint density at radius 1 is 1.32 bits per heavy atom. The van der Waals surface area contributed by atoms with Gasteiger partial charge < -0.3 is 5.32 Å². The number of benzene rings is 1. The molecule has 1 N–H and O–H groups in total. The Balaban J connectivity index is 2.43. The number of nitrogens with zero attached hydrogens (tertiary/aromatic N) is 2. The van der Waals surface area contributed by atoms with Crippen LogP contribution in [0, 0.1) is 5.92 Å². The Morgan fingerprint density at radius 3 is 2.61 bits per heavy atom. The van der Waals surface area contributed by atoms with Crippen LogP contribution in [0.1, 0.15) is 35.5 Å². The molecule has 0 aliphatic heterocycles. The number of fused-ring (bicyclic) bond motifs is 1. The van der Waals surface area contributed by atoms with E-state index in [0.717, 1.165) is 6.07 Å². The van der Waals surface area contributed by atoms with Crippen LogP contribution in [0.5, 0.6) is 0 Å². The number of hydrogen-bond donors (Lipinski definition) is 1. The Kier molecular flexibility index (Phi) is 6.72. The fourth-order valence-corrected chi connectivity index (χ4v) is 2.79. The molecule has 0 radical (unpaired) electrons. The van der Waals surface area contributed by atoms with Crippen LogP contribution in [-0.2, 0) is 12.6 Å². The summed E-state index contributed by atoms with van der Waals surface area (Å²) in [6.07, 6.45) is -0.984. The first-order chi connectivity index (χ1) is 13.2. The van der Waals surface area contributed by atoms with Crippen LogP contribution >= 0.6 is 0 Å². The van der Waals surface area contributed by atoms with Gasteiger partial charge in [0, 0.05) is 5.39 Å². The highest BCUT2D eigenvalue weighted by Crippen LogP contribution is 2.35. The van der Waals surface area contributed by atoms with Gasteiger partial charge in [0.2, 0.25) is 0 Å². The zero-order chi connectivity index (χ0) is 20.9. The molecule has 2 aromatic rings. The van der Waals surface area contributed by atoms with Crippen molar-refractivity contribution >= 4 is 23.5 Å². The van der Waals surface area contributed by atoms with Crippen LogP contribution in [0.2, 0.25) is 0 Å². The second-order valence-corrected chi connectivity index (χ2v) is 6.74. The van der Waals surface area contributed by atoms with Crippen molar-refractivity contribution in [3.63, 3.8) is 0 Å². The molecule has 0 saturated carbocycles. The van der Waals surface area contributed by atoms with Crippen molar-refractivity contribution < 1.29 is 18.0 Å². The summed E-state index contributed by atoms with van der Waals surface area (Å²) in [6, 6.07) is 5.70. The number of alkyl halides is 3. The molecule has 1 amide bonds. The minimum atomic E-state index is -4.57. The lowest BCUT2D eigenvalue weighted by molar-refractivity contribution is -0.136. The molecule has 2 rings (SSSR count). The number of nitrogens with one attached hydrogen (secondary N) is 1. The van der Waals surface area contributed by atoms with Crippen LogP contribution < -0.4 is 5.32 Å². The highest BCUT2D eigenvalue weighted by molar-refractivity contribution is 5.95. The third kappa shape index (κ3) is 5.28. The summed E-state index contributed by atoms with van der Waals surface area (Å²) in [5, 5.41) is 2.91. The molecule has 0 atom stereocenters. The van der Waals surface area contributed by atoms with Crippen LogP contribution in [0.4, 0.5) is 13.2 Å². The summed E-state index contributed by atoms with van der Waals surface area (Å²) in [5.41, 5.74) is -0.119. The predicted octanol–water partition coefficient (Wildman–Crippen LogP) is 4.95. The van der Waals surface area contributed by atoms with Gasteiger partial charge in [0.05, 0.1) is 23.3 Å². The van der Waals surface area contributed by atoms with E-state index in [1.807, 2.05) is 13.8 Å². The highest BCUT2D eigenvalue weighted by atomic mass is 19.4. The van der Waals surface area contributed by atoms with Gasteiger partial charge in [-0.05, 0) is 48.9 Å². The van der Waals surface area contributed by atoms with Gasteiger partial charge in [0.1, 0.15) is 5.69 Å². The second kappa shape index (κ2) is 8.82. The van der Waals surface area contributed by atoms with Crippen LogP contribution in [0.15, 0.2) is 53.7 Å². The average molecular weight is 389 g/mol. The molecule has 0 aliphatic rings. The van der Waals surface area contributed by atoms with E-state index in [1.165, 1.54) is 18.2 Å². The van der Waals surface area contributed by atoms with Gasteiger partial charge >= 0.3 is 6.18 Å². The lowest BCUT2D eigenvalue weighted by Gasteiger charge is -2.14. The minimum absolute atomic E-state index is 0.0630. The molecular formula is C21H22F3N3O. The minimum Gasteiger partial charge on any atom is -0.345 e. The zero-order valence-electron chi connectivity index (χ0n) is 15.8. The summed E-state index contributed by atoms with van der Waals surface area (Å²) in [7, 11) is 0. The SMILES string of the molecule is C=C/C=C(/CNC(=O)c1ccc2cc(CC(C)C)cc(C(F)(F)F)c2n1)N=C. The third-order valence-corrected chi connectivity index (χ3v) is 3.98. The molecule has 1 aromatic heterocycles. The number of aromatic nitrogens is 1. The fourth-order valence-electron chi connectivity index (χ4n) is 2.79. The summed E-state index contributed by atoms with van der Waals surface area (Å²) in [5.74, 6) is -0.382. The van der Waals surface area contributed by atoms with Gasteiger partial charge in [-0.3, -0.25) is 9.79 Å². The number of carbonyl (C=O) groups excluding carboxylic acids is 1. The Labute approximate surface area is 161 Å². The van der Waals surface area contributed by atoms with Gasteiger partial charge in [0.15, 0.2) is 0 Å². The average Bonchev–Trinajstić information content (AvgIpc) is 2.62. The lowest BCUT2D eigenvalue weighted by Crippen LogP contribution is -2.26. The number of allylic oxidation sites excluding steroid dienone is 2. The monoisotopic (exact) mass is 389 g/mol. The molecule has 0 bridgehead atoms. The number of hydrogen-bond acceptors (Lipinski definition) is 3. The maximum Gasteiger partial charge on any atom is 0.418 e. The maximum absolute atomic E-state index is 13.6. The first-order valence-electron chi connectivity index (χ1n) is 8.73. The molecule has 4 nitrogen and oxygen atoms in total. The molecule has 0 fully saturated rings. The largest absolute Gasteiger partial charge is 0.418 e. The summed E-state index contributed by atoms with van der Waals surface area (Å²) in [6.45, 7) is 10.9. The van der Waals surface area contributed by atoms with Crippen molar-refractivity contribution in [2.45, 2.75) is 26.4 Å². The van der Waals surface area contributed by atoms with Crippen molar-refractivity contribution in [2.75, 3.05) is 6.54 Å². The first-order valence-corrected chi connectivity index (χ1v) is 8.73. The first kappa shape index (κ1) is 21.3. The number of amides is 1. The van der Waals surface area contributed by atoms with E-state index in [4.69, 9.17) is 0 Å². The normalized spacial score (nSPS) is 12.3. The molecule has 148 valence electrons. The number of pyridine rings is 1. The van der Waals surface area contributed by atoms with Gasteiger partial charge in [-0.1, -0.05) is 32.6 Å². The van der Waals surface area contributed by atoms with Crippen molar-refractivity contribution in [1.82, 2.24) is 10.3 Å². The van der Waals surface area contributed by atoms with E-state index in [-0.39, 0.29) is 23.7 Å². The lowest BCUT2D eigenvalue weighted by atomic mass is 9.97. The number of aliphatic imine (C=N–C) groups is 1. The second-order valence-electron chi connectivity index (χ2n) is 6.74. The molecule has 1 aromatic carbocycles. The van der Waals surface area contributed by atoms with Crippen LogP contribution in [0.25, 0.3) is 10.9 Å². The van der Waals surface area contributed by atoms with Crippen LogP contribution in [-0.4, -0.2) is 24.2 Å². The molecule has 7 heteroatoms. The summed E-state index contributed by atoms with van der Waals surface area (Å²) >= 11 is 0. The van der Waals surface area contributed by atoms with Crippen molar-refractivity contribution in [3.8, 4) is 0 Å². The molecule has 0 aliphatic carbocycles. The van der Waals surface area contributed by atoms with E-state index < -0.39 is 17.6 Å². The van der Waals surface area contributed by atoms with Crippen molar-refractivity contribution in [2.24, 2.45) is 10.9 Å². The molecule has 28 heavy (non-hydrogen) atoms. The van der Waals surface area contributed by atoms with Crippen molar-refractivity contribution in [3.05, 3.63) is 65.5 Å². The number of carbonyl (C=O) groups is 1. The predicted molar refractivity (Wildman–Crippen MR) is 105 cm³/mol. The smallest absolute Gasteiger partial charge is 0.345 e. The standard InChI is InChI=1S/C21H22F3N3O/c1-5-6-16(25-4)12-26-20(28)18-8-7-15-10-14(9-13(2)3)11-17(19(15)27-18)21(22,23)24/h5-8,10-11,13H,1,4,9,12H2,2-3H3,(H,26,28)/b16-6-. The number of halogens is 3. The van der Waals surface area contributed by atoms with E-state index in [2.05, 4.69) is 28.6 Å². The zero-order valence-corrected chi connectivity index (χ0v) is 15.8. The van der Waals surface area contributed by atoms with Crippen molar-refractivity contribution in [1.29, 1.82) is 0 Å². The molecule has 1 heterocycles. The molecule has 0 spiro atoms. The Hall–Kier alpha value is -2.96.